The van der Waals surface area contributed by atoms with Crippen molar-refractivity contribution in [2.24, 2.45) is 11.8 Å². The fourth-order valence-corrected chi connectivity index (χ4v) is 4.72. The highest BCUT2D eigenvalue weighted by Gasteiger charge is 2.26. The van der Waals surface area contributed by atoms with Crippen LogP contribution in [0.1, 0.15) is 83.5 Å². The summed E-state index contributed by atoms with van der Waals surface area (Å²) >= 11 is 0. The number of carbonyl (C=O) groups excluding carboxylic acids is 1. The summed E-state index contributed by atoms with van der Waals surface area (Å²) in [7, 11) is 0. The molecule has 0 unspecified atom stereocenters. The van der Waals surface area contributed by atoms with E-state index in [0.29, 0.717) is 5.78 Å². The normalized spacial score (nSPS) is 31.9. The van der Waals surface area contributed by atoms with E-state index in [1.165, 1.54) is 31.3 Å². The van der Waals surface area contributed by atoms with Crippen LogP contribution in [0, 0.1) is 11.8 Å². The van der Waals surface area contributed by atoms with Gasteiger partial charge < -0.3 is 0 Å². The van der Waals surface area contributed by atoms with Gasteiger partial charge in [-0.3, -0.25) is 4.79 Å². The van der Waals surface area contributed by atoms with E-state index in [1.54, 1.807) is 25.7 Å². The van der Waals surface area contributed by atoms with Gasteiger partial charge >= 0.3 is 0 Å². The maximum Gasteiger partial charge on any atom is 0.162 e. The van der Waals surface area contributed by atoms with Gasteiger partial charge in [0.15, 0.2) is 5.78 Å². The van der Waals surface area contributed by atoms with Gasteiger partial charge in [0.25, 0.3) is 0 Å². The number of allylic oxidation sites excluding steroid dienone is 4. The predicted molar refractivity (Wildman–Crippen MR) is 88.2 cm³/mol. The van der Waals surface area contributed by atoms with Crippen molar-refractivity contribution in [3.63, 3.8) is 0 Å². The van der Waals surface area contributed by atoms with Crippen molar-refractivity contribution in [3.05, 3.63) is 23.3 Å². The van der Waals surface area contributed by atoms with Crippen LogP contribution in [-0.4, -0.2) is 5.78 Å². The van der Waals surface area contributed by atoms with E-state index >= 15 is 0 Å². The molecule has 0 aromatic carbocycles. The Hall–Kier alpha value is -0.850. The third-order valence-electron chi connectivity index (χ3n) is 5.93. The first-order valence-electron chi connectivity index (χ1n) is 9.26. The molecule has 4 aliphatic rings. The van der Waals surface area contributed by atoms with Gasteiger partial charge in [-0.1, -0.05) is 69.1 Å². The standard InChI is InChI=1S/C10H12O.C10H18/c11-10-7-3-5-8-4-1-2-6-9(8)10;1-2-6-10-8-4-3-7-9(10)5-1/h2,6H,1,3-5,7H2;9-10H,1-8H2. The third kappa shape index (κ3) is 3.87. The second-order valence-electron chi connectivity index (χ2n) is 7.32. The van der Waals surface area contributed by atoms with E-state index in [4.69, 9.17) is 0 Å². The summed E-state index contributed by atoms with van der Waals surface area (Å²) in [5, 5.41) is 0. The molecule has 2 saturated carbocycles. The SMILES string of the molecule is C1CCC2CCCCC2C1.O=C1CCCC2=C1C=CCC2. The van der Waals surface area contributed by atoms with Gasteiger partial charge in [-0.05, 0) is 37.5 Å². The van der Waals surface area contributed by atoms with Gasteiger partial charge in [0, 0.05) is 12.0 Å². The van der Waals surface area contributed by atoms with Crippen molar-refractivity contribution in [2.45, 2.75) is 83.5 Å². The Bertz CT molecular complexity index is 403. The summed E-state index contributed by atoms with van der Waals surface area (Å²) in [6.45, 7) is 0. The lowest BCUT2D eigenvalue weighted by Gasteiger charge is -2.35. The Kier molecular flexibility index (Phi) is 5.32. The highest BCUT2D eigenvalue weighted by Crippen LogP contribution is 2.40. The molecule has 1 heteroatoms. The topological polar surface area (TPSA) is 17.1 Å². The van der Waals surface area contributed by atoms with Gasteiger partial charge in [0.2, 0.25) is 0 Å². The molecular formula is C20H30O. The summed E-state index contributed by atoms with van der Waals surface area (Å²) in [5.41, 5.74) is 2.44. The number of rotatable bonds is 0. The maximum absolute atomic E-state index is 11.3. The molecule has 0 heterocycles. The third-order valence-corrected chi connectivity index (χ3v) is 5.93. The van der Waals surface area contributed by atoms with Crippen LogP contribution in [0.3, 0.4) is 0 Å². The van der Waals surface area contributed by atoms with E-state index in [2.05, 4.69) is 6.08 Å². The van der Waals surface area contributed by atoms with Crippen LogP contribution in [0.5, 0.6) is 0 Å². The van der Waals surface area contributed by atoms with Crippen LogP contribution in [0.25, 0.3) is 0 Å². The van der Waals surface area contributed by atoms with Crippen molar-refractivity contribution >= 4 is 5.78 Å². The molecule has 2 fully saturated rings. The molecule has 0 spiro atoms. The Morgan fingerprint density at radius 2 is 1.38 bits per heavy atom. The zero-order valence-corrected chi connectivity index (χ0v) is 13.4. The number of fused-ring (bicyclic) bond motifs is 1. The first-order valence-corrected chi connectivity index (χ1v) is 9.26. The Labute approximate surface area is 129 Å². The first kappa shape index (κ1) is 15.1. The second-order valence-corrected chi connectivity index (χ2v) is 7.32. The number of carbonyl (C=O) groups is 1. The first-order chi connectivity index (χ1) is 10.3. The molecule has 0 aliphatic heterocycles. The average molecular weight is 286 g/mol. The Morgan fingerprint density at radius 3 is 1.95 bits per heavy atom. The summed E-state index contributed by atoms with van der Waals surface area (Å²) in [6.07, 6.45) is 21.7. The highest BCUT2D eigenvalue weighted by atomic mass is 16.1. The number of Topliss-reactive ketones (excluding diaryl/α,β-unsaturated/α-hetero) is 1. The number of ketones is 1. The fraction of sp³-hybridized carbons (Fsp3) is 0.750. The van der Waals surface area contributed by atoms with E-state index in [1.807, 2.05) is 6.08 Å². The van der Waals surface area contributed by atoms with E-state index < -0.39 is 0 Å². The quantitative estimate of drug-likeness (QED) is 0.554. The van der Waals surface area contributed by atoms with Gasteiger partial charge in [0.1, 0.15) is 0 Å². The van der Waals surface area contributed by atoms with E-state index in [9.17, 15) is 4.79 Å². The van der Waals surface area contributed by atoms with E-state index in [0.717, 1.165) is 49.5 Å². The largest absolute Gasteiger partial charge is 0.294 e. The van der Waals surface area contributed by atoms with Crippen LogP contribution in [-0.2, 0) is 4.79 Å². The molecule has 4 aliphatic carbocycles. The minimum atomic E-state index is 0.363. The predicted octanol–water partition coefficient (Wildman–Crippen LogP) is 5.75. The Morgan fingerprint density at radius 1 is 0.762 bits per heavy atom. The van der Waals surface area contributed by atoms with Crippen LogP contribution in [0.4, 0.5) is 0 Å². The lowest BCUT2D eigenvalue weighted by molar-refractivity contribution is -0.115. The monoisotopic (exact) mass is 286 g/mol. The fourth-order valence-electron chi connectivity index (χ4n) is 4.72. The van der Waals surface area contributed by atoms with Crippen molar-refractivity contribution in [2.75, 3.05) is 0 Å². The minimum Gasteiger partial charge on any atom is -0.294 e. The number of hydrogen-bond acceptors (Lipinski definition) is 1. The van der Waals surface area contributed by atoms with Crippen LogP contribution in [0.2, 0.25) is 0 Å². The average Bonchev–Trinajstić information content (AvgIpc) is 2.56. The lowest BCUT2D eigenvalue weighted by Crippen LogP contribution is -2.22. The van der Waals surface area contributed by atoms with E-state index in [-0.39, 0.29) is 0 Å². The maximum atomic E-state index is 11.3. The molecule has 4 rings (SSSR count). The van der Waals surface area contributed by atoms with Crippen LogP contribution in [0.15, 0.2) is 23.3 Å². The molecule has 0 atom stereocenters. The van der Waals surface area contributed by atoms with Gasteiger partial charge in [-0.25, -0.2) is 0 Å². The molecule has 0 aromatic heterocycles. The van der Waals surface area contributed by atoms with Crippen molar-refractivity contribution in [1.82, 2.24) is 0 Å². The molecule has 0 amide bonds. The van der Waals surface area contributed by atoms with Gasteiger partial charge in [-0.2, -0.15) is 0 Å². The molecule has 0 N–H and O–H groups in total. The lowest BCUT2D eigenvalue weighted by atomic mass is 9.71. The smallest absolute Gasteiger partial charge is 0.162 e. The van der Waals surface area contributed by atoms with Crippen molar-refractivity contribution in [3.8, 4) is 0 Å². The van der Waals surface area contributed by atoms with Crippen LogP contribution < -0.4 is 0 Å². The zero-order chi connectivity index (χ0) is 14.5. The minimum absolute atomic E-state index is 0.363. The second kappa shape index (κ2) is 7.42. The molecule has 116 valence electrons. The van der Waals surface area contributed by atoms with Gasteiger partial charge in [-0.15, -0.1) is 0 Å². The zero-order valence-electron chi connectivity index (χ0n) is 13.4. The highest BCUT2D eigenvalue weighted by molar-refractivity contribution is 5.99. The summed E-state index contributed by atoms with van der Waals surface area (Å²) in [5.74, 6) is 2.67. The van der Waals surface area contributed by atoms with Crippen LogP contribution >= 0.6 is 0 Å². The molecule has 0 bridgehead atoms. The molecule has 0 radical (unpaired) electrons. The summed E-state index contributed by atoms with van der Waals surface area (Å²) in [4.78, 5) is 11.3. The summed E-state index contributed by atoms with van der Waals surface area (Å²) < 4.78 is 0. The van der Waals surface area contributed by atoms with Crippen molar-refractivity contribution < 1.29 is 4.79 Å². The number of hydrogen-bond donors (Lipinski definition) is 0. The molecule has 1 nitrogen and oxygen atoms in total. The summed E-state index contributed by atoms with van der Waals surface area (Å²) in [6, 6.07) is 0. The Balaban J connectivity index is 0.000000126. The van der Waals surface area contributed by atoms with Gasteiger partial charge in [0.05, 0.1) is 0 Å². The molecule has 0 aromatic rings. The molecule has 21 heavy (non-hydrogen) atoms. The molecule has 0 saturated heterocycles. The van der Waals surface area contributed by atoms with Crippen molar-refractivity contribution in [1.29, 1.82) is 0 Å². The molecular weight excluding hydrogens is 256 g/mol.